The smallest absolute Gasteiger partial charge is 0.147 e. The number of hydrogen-bond donors (Lipinski definition) is 0. The van der Waals surface area contributed by atoms with E-state index in [1.54, 1.807) is 26.0 Å². The van der Waals surface area contributed by atoms with Crippen LogP contribution in [0.5, 0.6) is 11.5 Å². The summed E-state index contributed by atoms with van der Waals surface area (Å²) in [5.74, 6) is 2.71. The molecule has 7 heteroatoms. The van der Waals surface area contributed by atoms with E-state index in [1.807, 2.05) is 19.1 Å². The lowest BCUT2D eigenvalue weighted by atomic mass is 10.0. The van der Waals surface area contributed by atoms with Crippen LogP contribution in [0.2, 0.25) is 0 Å². The van der Waals surface area contributed by atoms with Gasteiger partial charge in [0, 0.05) is 31.5 Å². The molecular formula is C25H33N3O3S. The third-order valence-corrected chi connectivity index (χ3v) is 6.61. The van der Waals surface area contributed by atoms with Gasteiger partial charge in [-0.1, -0.05) is 6.92 Å². The predicted octanol–water partition coefficient (Wildman–Crippen LogP) is 5.44. The summed E-state index contributed by atoms with van der Waals surface area (Å²) in [6, 6.07) is 8.26. The van der Waals surface area contributed by atoms with Crippen LogP contribution >= 0.6 is 11.8 Å². The molecule has 6 nitrogen and oxygen atoms in total. The third kappa shape index (κ3) is 4.28. The zero-order chi connectivity index (χ0) is 22.7. The average molecular weight is 456 g/mol. The number of nitrogens with zero attached hydrogens (tertiary/aromatic N) is 3. The van der Waals surface area contributed by atoms with Crippen molar-refractivity contribution in [1.29, 1.82) is 0 Å². The van der Waals surface area contributed by atoms with Gasteiger partial charge in [0.25, 0.3) is 0 Å². The highest BCUT2D eigenvalue weighted by Crippen LogP contribution is 2.43. The standard InChI is InChI=1S/C25H33N3O3S/c1-6-11-27(16-18-9-8-13-31-18)25-24(32-5)26-23-19(10-7-12-28(23)25)22-20(29-3)14-17(2)15-21(22)30-4/h7,10,12,14-15,18H,6,8-9,11,13,16H2,1-5H3. The summed E-state index contributed by atoms with van der Waals surface area (Å²) in [5.41, 5.74) is 3.92. The predicted molar refractivity (Wildman–Crippen MR) is 132 cm³/mol. The molecule has 0 bridgehead atoms. The van der Waals surface area contributed by atoms with Crippen LogP contribution in [0.4, 0.5) is 5.82 Å². The Bertz CT molecular complexity index is 1050. The van der Waals surface area contributed by atoms with E-state index in [0.29, 0.717) is 0 Å². The van der Waals surface area contributed by atoms with Crippen LogP contribution in [0.25, 0.3) is 16.8 Å². The largest absolute Gasteiger partial charge is 0.496 e. The Hall–Kier alpha value is -2.38. The summed E-state index contributed by atoms with van der Waals surface area (Å²) >= 11 is 1.68. The lowest BCUT2D eigenvalue weighted by molar-refractivity contribution is 0.115. The number of aryl methyl sites for hydroxylation is 1. The number of ether oxygens (including phenoxy) is 3. The van der Waals surface area contributed by atoms with E-state index in [9.17, 15) is 0 Å². The second-order valence-corrected chi connectivity index (χ2v) is 8.98. The van der Waals surface area contributed by atoms with Gasteiger partial charge in [-0.25, -0.2) is 4.98 Å². The van der Waals surface area contributed by atoms with E-state index in [4.69, 9.17) is 19.2 Å². The van der Waals surface area contributed by atoms with Crippen molar-refractivity contribution in [3.8, 4) is 22.6 Å². The van der Waals surface area contributed by atoms with Crippen molar-refractivity contribution in [1.82, 2.24) is 9.38 Å². The van der Waals surface area contributed by atoms with Crippen LogP contribution in [-0.2, 0) is 4.74 Å². The quantitative estimate of drug-likeness (QED) is 0.400. The van der Waals surface area contributed by atoms with Gasteiger partial charge in [-0.3, -0.25) is 4.40 Å². The number of fused-ring (bicyclic) bond motifs is 1. The lowest BCUT2D eigenvalue weighted by Crippen LogP contribution is -2.34. The van der Waals surface area contributed by atoms with Gasteiger partial charge in [-0.2, -0.15) is 0 Å². The fourth-order valence-electron chi connectivity index (χ4n) is 4.55. The minimum atomic E-state index is 0.280. The molecule has 172 valence electrons. The highest BCUT2D eigenvalue weighted by atomic mass is 32.2. The van der Waals surface area contributed by atoms with Crippen LogP contribution in [0.15, 0.2) is 35.5 Å². The first-order valence-corrected chi connectivity index (χ1v) is 12.5. The highest BCUT2D eigenvalue weighted by Gasteiger charge is 2.26. The number of rotatable bonds is 9. The first-order valence-electron chi connectivity index (χ1n) is 11.3. The average Bonchev–Trinajstić information content (AvgIpc) is 3.45. The molecule has 0 saturated carbocycles. The van der Waals surface area contributed by atoms with E-state index in [0.717, 1.165) is 83.6 Å². The molecule has 3 heterocycles. The minimum absolute atomic E-state index is 0.280. The van der Waals surface area contributed by atoms with E-state index < -0.39 is 0 Å². The molecule has 4 rings (SSSR count). The topological polar surface area (TPSA) is 48.2 Å². The number of imidazole rings is 1. The second-order valence-electron chi connectivity index (χ2n) is 8.19. The fraction of sp³-hybridized carbons (Fsp3) is 0.480. The lowest BCUT2D eigenvalue weighted by Gasteiger charge is -2.27. The van der Waals surface area contributed by atoms with Gasteiger partial charge in [0.05, 0.1) is 25.9 Å². The van der Waals surface area contributed by atoms with Crippen LogP contribution in [0.3, 0.4) is 0 Å². The monoisotopic (exact) mass is 455 g/mol. The van der Waals surface area contributed by atoms with Crippen molar-refractivity contribution < 1.29 is 14.2 Å². The zero-order valence-electron chi connectivity index (χ0n) is 19.7. The Kier molecular flexibility index (Phi) is 7.16. The Morgan fingerprint density at radius 1 is 1.25 bits per heavy atom. The molecule has 32 heavy (non-hydrogen) atoms. The third-order valence-electron chi connectivity index (χ3n) is 5.95. The molecule has 3 aromatic rings. The Balaban J connectivity index is 1.89. The normalized spacial score (nSPS) is 16.0. The summed E-state index contributed by atoms with van der Waals surface area (Å²) in [6.45, 7) is 6.98. The summed E-state index contributed by atoms with van der Waals surface area (Å²) in [5, 5.41) is 1.02. The summed E-state index contributed by atoms with van der Waals surface area (Å²) in [7, 11) is 3.40. The van der Waals surface area contributed by atoms with Crippen molar-refractivity contribution >= 4 is 23.2 Å². The minimum Gasteiger partial charge on any atom is -0.496 e. The molecule has 0 aliphatic carbocycles. The number of benzene rings is 1. The molecular weight excluding hydrogens is 422 g/mol. The number of thioether (sulfide) groups is 1. The molecule has 1 unspecified atom stereocenters. The summed E-state index contributed by atoms with van der Waals surface area (Å²) in [6.07, 6.45) is 7.80. The van der Waals surface area contributed by atoms with Crippen LogP contribution in [0, 0.1) is 6.92 Å². The summed E-state index contributed by atoms with van der Waals surface area (Å²) < 4.78 is 19.7. The fourth-order valence-corrected chi connectivity index (χ4v) is 5.14. The first kappa shape index (κ1) is 22.8. The maximum Gasteiger partial charge on any atom is 0.147 e. The van der Waals surface area contributed by atoms with E-state index in [1.165, 1.54) is 0 Å². The molecule has 1 fully saturated rings. The van der Waals surface area contributed by atoms with Crippen LogP contribution in [0.1, 0.15) is 31.7 Å². The Labute approximate surface area is 194 Å². The molecule has 0 radical (unpaired) electrons. The number of pyridine rings is 1. The van der Waals surface area contributed by atoms with E-state index in [-0.39, 0.29) is 6.10 Å². The molecule has 0 N–H and O–H groups in total. The number of anilines is 1. The Morgan fingerprint density at radius 2 is 2.00 bits per heavy atom. The summed E-state index contributed by atoms with van der Waals surface area (Å²) in [4.78, 5) is 7.53. The van der Waals surface area contributed by atoms with Crippen molar-refractivity contribution in [3.05, 3.63) is 36.0 Å². The van der Waals surface area contributed by atoms with Crippen molar-refractivity contribution in [2.75, 3.05) is 45.1 Å². The van der Waals surface area contributed by atoms with Crippen molar-refractivity contribution in [3.63, 3.8) is 0 Å². The highest BCUT2D eigenvalue weighted by molar-refractivity contribution is 7.98. The zero-order valence-corrected chi connectivity index (χ0v) is 20.5. The van der Waals surface area contributed by atoms with E-state index in [2.05, 4.69) is 40.8 Å². The first-order chi connectivity index (χ1) is 15.6. The molecule has 2 aromatic heterocycles. The molecule has 0 amide bonds. The molecule has 1 atom stereocenters. The van der Waals surface area contributed by atoms with Crippen molar-refractivity contribution in [2.24, 2.45) is 0 Å². The van der Waals surface area contributed by atoms with Crippen molar-refractivity contribution in [2.45, 2.75) is 44.2 Å². The van der Waals surface area contributed by atoms with Gasteiger partial charge in [-0.05, 0) is 62.3 Å². The molecule has 1 aromatic carbocycles. The van der Waals surface area contributed by atoms with Crippen LogP contribution < -0.4 is 14.4 Å². The molecule has 0 spiro atoms. The second kappa shape index (κ2) is 10.0. The Morgan fingerprint density at radius 3 is 2.59 bits per heavy atom. The number of aromatic nitrogens is 2. The maximum atomic E-state index is 5.97. The maximum absolute atomic E-state index is 5.97. The number of methoxy groups -OCH3 is 2. The van der Waals surface area contributed by atoms with Gasteiger partial charge in [0.1, 0.15) is 28.0 Å². The number of hydrogen-bond acceptors (Lipinski definition) is 6. The molecule has 1 saturated heterocycles. The van der Waals surface area contributed by atoms with Gasteiger partial charge >= 0.3 is 0 Å². The molecule has 1 aliphatic rings. The van der Waals surface area contributed by atoms with Gasteiger partial charge in [0.2, 0.25) is 0 Å². The van der Waals surface area contributed by atoms with Gasteiger partial charge in [-0.15, -0.1) is 11.8 Å². The molecule has 1 aliphatic heterocycles. The van der Waals surface area contributed by atoms with E-state index >= 15 is 0 Å². The SMILES string of the molecule is CCCN(CC1CCCO1)c1c(SC)nc2c(-c3c(OC)cc(C)cc3OC)cccn12. The van der Waals surface area contributed by atoms with Gasteiger partial charge < -0.3 is 19.1 Å². The van der Waals surface area contributed by atoms with Crippen LogP contribution in [-0.4, -0.2) is 55.7 Å². The van der Waals surface area contributed by atoms with Gasteiger partial charge in [0.15, 0.2) is 0 Å².